The standard InChI is InChI=1S/C17H21ClN4O2/c1-13-10-22(20-19-13)11-17(23)21-8-6-14(7-9-21)12-24-16-4-2-15(18)3-5-16/h2-5,10,14H,6-9,11-12H2,1H3. The smallest absolute Gasteiger partial charge is 0.244 e. The molecule has 128 valence electrons. The first kappa shape index (κ1) is 16.8. The summed E-state index contributed by atoms with van der Waals surface area (Å²) in [4.78, 5) is 14.2. The van der Waals surface area contributed by atoms with E-state index in [1.807, 2.05) is 36.1 Å². The molecule has 0 atom stereocenters. The number of nitrogens with zero attached hydrogens (tertiary/aromatic N) is 4. The fourth-order valence-corrected chi connectivity index (χ4v) is 2.93. The van der Waals surface area contributed by atoms with Gasteiger partial charge in [-0.1, -0.05) is 16.8 Å². The maximum absolute atomic E-state index is 12.3. The van der Waals surface area contributed by atoms with Gasteiger partial charge < -0.3 is 9.64 Å². The molecule has 6 nitrogen and oxygen atoms in total. The SMILES string of the molecule is Cc1cn(CC(=O)N2CCC(COc3ccc(Cl)cc3)CC2)nn1. The van der Waals surface area contributed by atoms with Crippen molar-refractivity contribution in [3.63, 3.8) is 0 Å². The van der Waals surface area contributed by atoms with Crippen LogP contribution in [0.1, 0.15) is 18.5 Å². The fourth-order valence-electron chi connectivity index (χ4n) is 2.81. The zero-order valence-electron chi connectivity index (χ0n) is 13.7. The molecular formula is C17H21ClN4O2. The number of halogens is 1. The number of hydrogen-bond acceptors (Lipinski definition) is 4. The Morgan fingerprint density at radius 3 is 2.62 bits per heavy atom. The molecule has 1 saturated heterocycles. The van der Waals surface area contributed by atoms with Gasteiger partial charge in [-0.05, 0) is 49.9 Å². The number of carbonyl (C=O) groups is 1. The number of likely N-dealkylation sites (tertiary alicyclic amines) is 1. The van der Waals surface area contributed by atoms with Crippen molar-refractivity contribution in [1.82, 2.24) is 19.9 Å². The maximum atomic E-state index is 12.3. The summed E-state index contributed by atoms with van der Waals surface area (Å²) >= 11 is 5.86. The highest BCUT2D eigenvalue weighted by molar-refractivity contribution is 6.30. The average molecular weight is 349 g/mol. The Hall–Kier alpha value is -2.08. The molecule has 1 amide bonds. The summed E-state index contributed by atoms with van der Waals surface area (Å²) in [5.41, 5.74) is 0.820. The van der Waals surface area contributed by atoms with Gasteiger partial charge in [-0.15, -0.1) is 5.10 Å². The van der Waals surface area contributed by atoms with Crippen LogP contribution in [0, 0.1) is 12.8 Å². The van der Waals surface area contributed by atoms with Crippen LogP contribution in [0.3, 0.4) is 0 Å². The zero-order valence-corrected chi connectivity index (χ0v) is 14.4. The Balaban J connectivity index is 1.42. The molecule has 1 aromatic heterocycles. The highest BCUT2D eigenvalue weighted by Crippen LogP contribution is 2.21. The van der Waals surface area contributed by atoms with Crippen molar-refractivity contribution in [2.45, 2.75) is 26.3 Å². The third-order valence-corrected chi connectivity index (χ3v) is 4.47. The van der Waals surface area contributed by atoms with Crippen LogP contribution in [0.5, 0.6) is 5.75 Å². The van der Waals surface area contributed by atoms with E-state index in [2.05, 4.69) is 10.3 Å². The summed E-state index contributed by atoms with van der Waals surface area (Å²) in [5.74, 6) is 1.40. The van der Waals surface area contributed by atoms with Crippen molar-refractivity contribution in [2.75, 3.05) is 19.7 Å². The van der Waals surface area contributed by atoms with Crippen molar-refractivity contribution in [3.05, 3.63) is 41.2 Å². The molecule has 0 N–H and O–H groups in total. The fraction of sp³-hybridized carbons (Fsp3) is 0.471. The summed E-state index contributed by atoms with van der Waals surface area (Å²) in [6.45, 7) is 4.32. The van der Waals surface area contributed by atoms with Crippen LogP contribution in [0.2, 0.25) is 5.02 Å². The van der Waals surface area contributed by atoms with E-state index < -0.39 is 0 Å². The third-order valence-electron chi connectivity index (χ3n) is 4.22. The van der Waals surface area contributed by atoms with Crippen molar-refractivity contribution >= 4 is 17.5 Å². The van der Waals surface area contributed by atoms with Gasteiger partial charge in [0.1, 0.15) is 12.3 Å². The second-order valence-electron chi connectivity index (χ2n) is 6.15. The highest BCUT2D eigenvalue weighted by Gasteiger charge is 2.23. The minimum absolute atomic E-state index is 0.0944. The Morgan fingerprint density at radius 1 is 1.29 bits per heavy atom. The first-order valence-corrected chi connectivity index (χ1v) is 8.51. The molecule has 0 spiro atoms. The normalized spacial score (nSPS) is 15.5. The highest BCUT2D eigenvalue weighted by atomic mass is 35.5. The number of rotatable bonds is 5. The minimum Gasteiger partial charge on any atom is -0.493 e. The van der Waals surface area contributed by atoms with E-state index >= 15 is 0 Å². The lowest BCUT2D eigenvalue weighted by atomic mass is 9.98. The van der Waals surface area contributed by atoms with E-state index in [1.165, 1.54) is 0 Å². The van der Waals surface area contributed by atoms with Gasteiger partial charge >= 0.3 is 0 Å². The number of aryl methyl sites for hydroxylation is 1. The van der Waals surface area contributed by atoms with Gasteiger partial charge in [0.15, 0.2) is 0 Å². The minimum atomic E-state index is 0.0944. The van der Waals surface area contributed by atoms with Gasteiger partial charge in [-0.25, -0.2) is 4.68 Å². The average Bonchev–Trinajstić information content (AvgIpc) is 2.99. The third kappa shape index (κ3) is 4.47. The molecule has 1 aliphatic rings. The number of piperidine rings is 1. The Labute approximate surface area is 146 Å². The number of amides is 1. The molecule has 7 heteroatoms. The quantitative estimate of drug-likeness (QED) is 0.833. The molecule has 2 aromatic rings. The van der Waals surface area contributed by atoms with Crippen molar-refractivity contribution in [2.24, 2.45) is 5.92 Å². The molecular weight excluding hydrogens is 328 g/mol. The number of benzene rings is 1. The molecule has 3 rings (SSSR count). The van der Waals surface area contributed by atoms with Crippen molar-refractivity contribution in [3.8, 4) is 5.75 Å². The molecule has 0 radical (unpaired) electrons. The molecule has 0 bridgehead atoms. The van der Waals surface area contributed by atoms with E-state index in [4.69, 9.17) is 16.3 Å². The molecule has 0 aliphatic carbocycles. The van der Waals surface area contributed by atoms with Crippen LogP contribution < -0.4 is 4.74 Å². The van der Waals surface area contributed by atoms with Crippen LogP contribution in [0.25, 0.3) is 0 Å². The van der Waals surface area contributed by atoms with Crippen LogP contribution >= 0.6 is 11.6 Å². The lowest BCUT2D eigenvalue weighted by molar-refractivity contribution is -0.133. The zero-order chi connectivity index (χ0) is 16.9. The number of carbonyl (C=O) groups excluding carboxylic acids is 1. The van der Waals surface area contributed by atoms with Crippen molar-refractivity contribution in [1.29, 1.82) is 0 Å². The molecule has 24 heavy (non-hydrogen) atoms. The van der Waals surface area contributed by atoms with Gasteiger partial charge in [-0.3, -0.25) is 4.79 Å². The summed E-state index contributed by atoms with van der Waals surface area (Å²) in [6, 6.07) is 7.40. The molecule has 0 saturated carbocycles. The Kier molecular flexibility index (Phi) is 5.35. The second kappa shape index (κ2) is 7.66. The van der Waals surface area contributed by atoms with Gasteiger partial charge in [-0.2, -0.15) is 0 Å². The van der Waals surface area contributed by atoms with E-state index in [9.17, 15) is 4.79 Å². The molecule has 0 unspecified atom stereocenters. The number of aromatic nitrogens is 3. The summed E-state index contributed by atoms with van der Waals surface area (Å²) in [7, 11) is 0. The van der Waals surface area contributed by atoms with Gasteiger partial charge in [0.2, 0.25) is 5.91 Å². The molecule has 2 heterocycles. The molecule has 1 aromatic carbocycles. The number of ether oxygens (including phenoxy) is 1. The van der Waals surface area contributed by atoms with Gasteiger partial charge in [0.05, 0.1) is 12.3 Å². The Bertz CT molecular complexity index is 678. The first-order valence-electron chi connectivity index (χ1n) is 8.13. The van der Waals surface area contributed by atoms with E-state index in [-0.39, 0.29) is 12.5 Å². The largest absolute Gasteiger partial charge is 0.493 e. The molecule has 1 aliphatic heterocycles. The summed E-state index contributed by atoms with van der Waals surface area (Å²) in [5, 5.41) is 8.53. The van der Waals surface area contributed by atoms with Gasteiger partial charge in [0.25, 0.3) is 0 Å². The van der Waals surface area contributed by atoms with E-state index in [0.717, 1.165) is 37.4 Å². The predicted molar refractivity (Wildman–Crippen MR) is 91.0 cm³/mol. The van der Waals surface area contributed by atoms with Gasteiger partial charge in [0, 0.05) is 24.3 Å². The summed E-state index contributed by atoms with van der Waals surface area (Å²) < 4.78 is 7.40. The Morgan fingerprint density at radius 2 is 2.00 bits per heavy atom. The number of hydrogen-bond donors (Lipinski definition) is 0. The predicted octanol–water partition coefficient (Wildman–Crippen LogP) is 2.56. The van der Waals surface area contributed by atoms with Crippen LogP contribution in [-0.2, 0) is 11.3 Å². The van der Waals surface area contributed by atoms with E-state index in [0.29, 0.717) is 17.5 Å². The second-order valence-corrected chi connectivity index (χ2v) is 6.58. The monoisotopic (exact) mass is 348 g/mol. The maximum Gasteiger partial charge on any atom is 0.244 e. The van der Waals surface area contributed by atoms with Crippen molar-refractivity contribution < 1.29 is 9.53 Å². The summed E-state index contributed by atoms with van der Waals surface area (Å²) in [6.07, 6.45) is 3.69. The lowest BCUT2D eigenvalue weighted by Gasteiger charge is -2.31. The van der Waals surface area contributed by atoms with Crippen LogP contribution in [0.15, 0.2) is 30.5 Å². The first-order chi connectivity index (χ1) is 11.6. The topological polar surface area (TPSA) is 60.2 Å². The molecule has 1 fully saturated rings. The van der Waals surface area contributed by atoms with Crippen LogP contribution in [0.4, 0.5) is 0 Å². The van der Waals surface area contributed by atoms with Crippen LogP contribution in [-0.4, -0.2) is 45.5 Å². The van der Waals surface area contributed by atoms with E-state index in [1.54, 1.807) is 10.9 Å². The lowest BCUT2D eigenvalue weighted by Crippen LogP contribution is -2.41.